The van der Waals surface area contributed by atoms with Crippen LogP contribution in [0, 0.1) is 11.6 Å². The van der Waals surface area contributed by atoms with Gasteiger partial charge in [-0.05, 0) is 35.4 Å². The SMILES string of the molecule is O=c1[nH]c2sc(Cl)c(-c3ccc(F)cc3)c2c(O)c1-c1ccc(F)cc1. The molecule has 0 bridgehead atoms. The van der Waals surface area contributed by atoms with Crippen molar-refractivity contribution in [3.8, 4) is 28.0 Å². The molecule has 0 radical (unpaired) electrons. The number of hydrogen-bond donors (Lipinski definition) is 2. The number of aromatic hydroxyl groups is 1. The number of benzene rings is 2. The van der Waals surface area contributed by atoms with Crippen molar-refractivity contribution in [1.29, 1.82) is 0 Å². The van der Waals surface area contributed by atoms with Crippen LogP contribution < -0.4 is 5.56 Å². The lowest BCUT2D eigenvalue weighted by molar-refractivity contribution is 0.483. The molecule has 2 N–H and O–H groups in total. The minimum Gasteiger partial charge on any atom is -0.506 e. The van der Waals surface area contributed by atoms with E-state index in [2.05, 4.69) is 4.98 Å². The Labute approximate surface area is 155 Å². The third-order valence-corrected chi connectivity index (χ3v) is 5.37. The average Bonchev–Trinajstić information content (AvgIpc) is 2.93. The first-order valence-corrected chi connectivity index (χ1v) is 8.74. The molecule has 0 aliphatic heterocycles. The van der Waals surface area contributed by atoms with Gasteiger partial charge in [0, 0.05) is 5.56 Å². The maximum atomic E-state index is 13.2. The summed E-state index contributed by atoms with van der Waals surface area (Å²) in [5.41, 5.74) is 0.999. The number of H-pyrrole nitrogens is 1. The average molecular weight is 390 g/mol. The Morgan fingerprint density at radius 1 is 0.885 bits per heavy atom. The van der Waals surface area contributed by atoms with Gasteiger partial charge in [-0.3, -0.25) is 4.79 Å². The van der Waals surface area contributed by atoms with Gasteiger partial charge in [-0.15, -0.1) is 11.3 Å². The second-order valence-electron chi connectivity index (χ2n) is 5.65. The van der Waals surface area contributed by atoms with Gasteiger partial charge >= 0.3 is 0 Å². The third kappa shape index (κ3) is 2.67. The molecule has 0 saturated heterocycles. The van der Waals surface area contributed by atoms with E-state index in [1.54, 1.807) is 12.1 Å². The normalized spacial score (nSPS) is 11.2. The van der Waals surface area contributed by atoms with E-state index in [0.717, 1.165) is 11.3 Å². The molecule has 0 aliphatic carbocycles. The largest absolute Gasteiger partial charge is 0.506 e. The molecule has 0 saturated carbocycles. The van der Waals surface area contributed by atoms with Crippen molar-refractivity contribution in [3.63, 3.8) is 0 Å². The van der Waals surface area contributed by atoms with Gasteiger partial charge in [-0.1, -0.05) is 35.9 Å². The van der Waals surface area contributed by atoms with Crippen LogP contribution in [0.25, 0.3) is 32.5 Å². The van der Waals surface area contributed by atoms with Crippen molar-refractivity contribution < 1.29 is 13.9 Å². The molecule has 0 spiro atoms. The summed E-state index contributed by atoms with van der Waals surface area (Å²) < 4.78 is 26.8. The molecule has 0 atom stereocenters. The van der Waals surface area contributed by atoms with Crippen molar-refractivity contribution in [3.05, 3.63) is 74.9 Å². The molecule has 0 fully saturated rings. The Bertz CT molecular complexity index is 1180. The van der Waals surface area contributed by atoms with Crippen LogP contribution in [-0.4, -0.2) is 10.1 Å². The lowest BCUT2D eigenvalue weighted by Gasteiger charge is -2.08. The highest BCUT2D eigenvalue weighted by atomic mass is 35.5. The molecule has 0 aliphatic rings. The monoisotopic (exact) mass is 389 g/mol. The van der Waals surface area contributed by atoms with Gasteiger partial charge in [0.25, 0.3) is 5.56 Å². The molecule has 0 unspecified atom stereocenters. The van der Waals surface area contributed by atoms with E-state index in [1.165, 1.54) is 36.4 Å². The molecule has 0 amide bonds. The van der Waals surface area contributed by atoms with Crippen molar-refractivity contribution in [2.75, 3.05) is 0 Å². The van der Waals surface area contributed by atoms with Crippen LogP contribution >= 0.6 is 22.9 Å². The summed E-state index contributed by atoms with van der Waals surface area (Å²) in [5, 5.41) is 11.2. The number of nitrogens with one attached hydrogen (secondary N) is 1. The Balaban J connectivity index is 2.05. The fourth-order valence-electron chi connectivity index (χ4n) is 2.87. The second kappa shape index (κ2) is 6.23. The Morgan fingerprint density at radius 2 is 1.38 bits per heavy atom. The minimum absolute atomic E-state index is 0.0235. The van der Waals surface area contributed by atoms with Gasteiger partial charge in [0.1, 0.15) is 26.6 Å². The molecule has 2 heterocycles. The highest BCUT2D eigenvalue weighted by Gasteiger charge is 2.22. The fraction of sp³-hybridized carbons (Fsp3) is 0. The number of pyridine rings is 1. The Kier molecular flexibility index (Phi) is 4.01. The van der Waals surface area contributed by atoms with E-state index < -0.39 is 17.2 Å². The van der Waals surface area contributed by atoms with Gasteiger partial charge < -0.3 is 10.1 Å². The number of fused-ring (bicyclic) bond motifs is 1. The second-order valence-corrected chi connectivity index (χ2v) is 7.27. The zero-order chi connectivity index (χ0) is 18.4. The number of rotatable bonds is 2. The highest BCUT2D eigenvalue weighted by Crippen LogP contribution is 2.46. The molecule has 3 nitrogen and oxygen atoms in total. The molecule has 130 valence electrons. The van der Waals surface area contributed by atoms with Crippen LogP contribution in [0.1, 0.15) is 0 Å². The number of aromatic nitrogens is 1. The minimum atomic E-state index is -0.509. The van der Waals surface area contributed by atoms with Crippen LogP contribution in [0.2, 0.25) is 4.34 Å². The maximum Gasteiger partial charge on any atom is 0.260 e. The number of aromatic amines is 1. The quantitative estimate of drug-likeness (QED) is 0.471. The first kappa shape index (κ1) is 16.8. The number of hydrogen-bond acceptors (Lipinski definition) is 3. The molecule has 4 aromatic rings. The summed E-state index contributed by atoms with van der Waals surface area (Å²) in [4.78, 5) is 15.6. The fourth-order valence-corrected chi connectivity index (χ4v) is 4.26. The first-order chi connectivity index (χ1) is 12.5. The van der Waals surface area contributed by atoms with Crippen LogP contribution in [0.4, 0.5) is 8.78 Å². The number of halogens is 3. The first-order valence-electron chi connectivity index (χ1n) is 7.55. The standard InChI is InChI=1S/C19H10ClF2NO2S/c20-17-13(9-1-5-11(21)6-2-9)15-16(24)14(18(25)23-19(15)26-17)10-3-7-12(22)8-4-10/h1-8H,(H2,23,24,25). The lowest BCUT2D eigenvalue weighted by Crippen LogP contribution is -2.08. The molecule has 4 rings (SSSR count). The molecule has 2 aromatic heterocycles. The van der Waals surface area contributed by atoms with Crippen molar-refractivity contribution in [2.24, 2.45) is 0 Å². The van der Waals surface area contributed by atoms with Gasteiger partial charge in [0.05, 0.1) is 10.9 Å². The van der Waals surface area contributed by atoms with E-state index in [4.69, 9.17) is 11.6 Å². The van der Waals surface area contributed by atoms with Gasteiger partial charge in [-0.2, -0.15) is 0 Å². The van der Waals surface area contributed by atoms with E-state index in [9.17, 15) is 18.7 Å². The van der Waals surface area contributed by atoms with Crippen molar-refractivity contribution in [1.82, 2.24) is 4.98 Å². The summed E-state index contributed by atoms with van der Waals surface area (Å²) in [7, 11) is 0. The van der Waals surface area contributed by atoms with Gasteiger partial charge in [0.2, 0.25) is 0 Å². The summed E-state index contributed by atoms with van der Waals surface area (Å²) in [6.07, 6.45) is 0. The molecule has 2 aromatic carbocycles. The maximum absolute atomic E-state index is 13.2. The Hall–Kier alpha value is -2.70. The smallest absolute Gasteiger partial charge is 0.260 e. The summed E-state index contributed by atoms with van der Waals surface area (Å²) >= 11 is 7.44. The van der Waals surface area contributed by atoms with E-state index in [1.807, 2.05) is 0 Å². The van der Waals surface area contributed by atoms with E-state index in [-0.39, 0.29) is 11.3 Å². The summed E-state index contributed by atoms with van der Waals surface area (Å²) in [6, 6.07) is 10.9. The summed E-state index contributed by atoms with van der Waals surface area (Å²) in [6.45, 7) is 0. The topological polar surface area (TPSA) is 53.1 Å². The van der Waals surface area contributed by atoms with Gasteiger partial charge in [0.15, 0.2) is 0 Å². The molecular weight excluding hydrogens is 380 g/mol. The Morgan fingerprint density at radius 3 is 1.92 bits per heavy atom. The third-order valence-electron chi connectivity index (χ3n) is 4.06. The van der Waals surface area contributed by atoms with Crippen LogP contribution in [0.5, 0.6) is 5.75 Å². The van der Waals surface area contributed by atoms with E-state index in [0.29, 0.717) is 31.2 Å². The molecule has 7 heteroatoms. The zero-order valence-electron chi connectivity index (χ0n) is 13.0. The highest BCUT2D eigenvalue weighted by molar-refractivity contribution is 7.23. The van der Waals surface area contributed by atoms with Crippen LogP contribution in [0.3, 0.4) is 0 Å². The lowest BCUT2D eigenvalue weighted by atomic mass is 10.0. The molecular formula is C19H10ClF2NO2S. The van der Waals surface area contributed by atoms with Crippen LogP contribution in [-0.2, 0) is 0 Å². The zero-order valence-corrected chi connectivity index (χ0v) is 14.6. The molecule has 26 heavy (non-hydrogen) atoms. The van der Waals surface area contributed by atoms with Gasteiger partial charge in [-0.25, -0.2) is 8.78 Å². The van der Waals surface area contributed by atoms with Crippen molar-refractivity contribution in [2.45, 2.75) is 0 Å². The number of thiophene rings is 1. The van der Waals surface area contributed by atoms with Crippen molar-refractivity contribution >= 4 is 33.2 Å². The van der Waals surface area contributed by atoms with Crippen LogP contribution in [0.15, 0.2) is 53.3 Å². The van der Waals surface area contributed by atoms with E-state index >= 15 is 0 Å². The predicted octanol–water partition coefficient (Wildman–Crippen LogP) is 5.56. The summed E-state index contributed by atoms with van der Waals surface area (Å²) in [5.74, 6) is -1.09. The predicted molar refractivity (Wildman–Crippen MR) is 99.9 cm³/mol.